The van der Waals surface area contributed by atoms with Gasteiger partial charge in [-0.3, -0.25) is 9.52 Å². The monoisotopic (exact) mass is 383 g/mol. The van der Waals surface area contributed by atoms with Crippen LogP contribution in [0.1, 0.15) is 15.9 Å². The second-order valence-electron chi connectivity index (χ2n) is 5.67. The van der Waals surface area contributed by atoms with E-state index in [0.29, 0.717) is 5.56 Å². The minimum Gasteiger partial charge on any atom is -0.281 e. The maximum absolute atomic E-state index is 12.6. The standard InChI is InChI=1S/C20H17NO3S2/c1-15-11-13-17(14-12-15)26(23,24)21-19-10-6-5-9-18(19)20(22)25-16-7-3-2-4-8-16/h2-14,21H,1H3. The van der Waals surface area contributed by atoms with Crippen molar-refractivity contribution in [3.63, 3.8) is 0 Å². The second kappa shape index (κ2) is 7.76. The fraction of sp³-hybridized carbons (Fsp3) is 0.0500. The summed E-state index contributed by atoms with van der Waals surface area (Å²) in [6.07, 6.45) is 0. The Labute approximate surface area is 157 Å². The molecule has 132 valence electrons. The van der Waals surface area contributed by atoms with Crippen LogP contribution in [-0.2, 0) is 10.0 Å². The van der Waals surface area contributed by atoms with Crippen LogP contribution in [0.25, 0.3) is 0 Å². The maximum atomic E-state index is 12.6. The highest BCUT2D eigenvalue weighted by molar-refractivity contribution is 8.14. The molecule has 0 aliphatic heterocycles. The fourth-order valence-electron chi connectivity index (χ4n) is 2.32. The molecule has 0 heterocycles. The van der Waals surface area contributed by atoms with Crippen molar-refractivity contribution in [2.75, 3.05) is 4.72 Å². The molecule has 6 heteroatoms. The zero-order valence-corrected chi connectivity index (χ0v) is 15.7. The van der Waals surface area contributed by atoms with Crippen molar-refractivity contribution in [3.05, 3.63) is 90.0 Å². The number of hydrogen-bond acceptors (Lipinski definition) is 4. The fourth-order valence-corrected chi connectivity index (χ4v) is 4.20. The van der Waals surface area contributed by atoms with Gasteiger partial charge in [-0.1, -0.05) is 48.0 Å². The number of thioether (sulfide) groups is 1. The predicted molar refractivity (Wildman–Crippen MR) is 105 cm³/mol. The van der Waals surface area contributed by atoms with E-state index in [2.05, 4.69) is 4.72 Å². The molecule has 0 saturated heterocycles. The number of benzene rings is 3. The van der Waals surface area contributed by atoms with E-state index in [-0.39, 0.29) is 15.7 Å². The Kier molecular flexibility index (Phi) is 5.44. The van der Waals surface area contributed by atoms with E-state index in [1.165, 1.54) is 0 Å². The summed E-state index contributed by atoms with van der Waals surface area (Å²) in [6.45, 7) is 1.89. The largest absolute Gasteiger partial charge is 0.281 e. The molecule has 1 N–H and O–H groups in total. The summed E-state index contributed by atoms with van der Waals surface area (Å²) in [5.41, 5.74) is 1.55. The van der Waals surface area contributed by atoms with Gasteiger partial charge in [0.15, 0.2) is 0 Å². The Balaban J connectivity index is 1.87. The third kappa shape index (κ3) is 4.33. The molecular formula is C20H17NO3S2. The molecular weight excluding hydrogens is 366 g/mol. The molecule has 0 bridgehead atoms. The highest BCUT2D eigenvalue weighted by atomic mass is 32.2. The van der Waals surface area contributed by atoms with Gasteiger partial charge >= 0.3 is 0 Å². The van der Waals surface area contributed by atoms with E-state index in [9.17, 15) is 13.2 Å². The van der Waals surface area contributed by atoms with Crippen LogP contribution < -0.4 is 4.72 Å². The highest BCUT2D eigenvalue weighted by Gasteiger charge is 2.19. The summed E-state index contributed by atoms with van der Waals surface area (Å²) in [4.78, 5) is 13.6. The van der Waals surface area contributed by atoms with Crippen molar-refractivity contribution in [3.8, 4) is 0 Å². The number of nitrogens with one attached hydrogen (secondary N) is 1. The van der Waals surface area contributed by atoms with Gasteiger partial charge in [0.2, 0.25) is 5.12 Å². The van der Waals surface area contributed by atoms with E-state index in [0.717, 1.165) is 22.2 Å². The van der Waals surface area contributed by atoms with E-state index in [4.69, 9.17) is 0 Å². The van der Waals surface area contributed by atoms with Crippen molar-refractivity contribution < 1.29 is 13.2 Å². The van der Waals surface area contributed by atoms with Crippen LogP contribution >= 0.6 is 11.8 Å². The summed E-state index contributed by atoms with van der Waals surface area (Å²) >= 11 is 1.06. The minimum atomic E-state index is -3.77. The number of sulfonamides is 1. The van der Waals surface area contributed by atoms with Gasteiger partial charge in [-0.05, 0) is 55.1 Å². The van der Waals surface area contributed by atoms with Crippen molar-refractivity contribution in [2.24, 2.45) is 0 Å². The highest BCUT2D eigenvalue weighted by Crippen LogP contribution is 2.28. The van der Waals surface area contributed by atoms with Crippen molar-refractivity contribution in [1.82, 2.24) is 0 Å². The molecule has 0 radical (unpaired) electrons. The molecule has 0 atom stereocenters. The number of carbonyl (C=O) groups excluding carboxylic acids is 1. The van der Waals surface area contributed by atoms with Gasteiger partial charge in [0.05, 0.1) is 16.1 Å². The maximum Gasteiger partial charge on any atom is 0.261 e. The lowest BCUT2D eigenvalue weighted by Crippen LogP contribution is -2.15. The average Bonchev–Trinajstić information content (AvgIpc) is 2.63. The van der Waals surface area contributed by atoms with Crippen LogP contribution in [0.2, 0.25) is 0 Å². The molecule has 26 heavy (non-hydrogen) atoms. The van der Waals surface area contributed by atoms with Crippen LogP contribution in [-0.4, -0.2) is 13.5 Å². The third-order valence-corrected chi connectivity index (χ3v) is 5.97. The van der Waals surface area contributed by atoms with Gasteiger partial charge in [-0.25, -0.2) is 8.42 Å². The molecule has 0 saturated carbocycles. The average molecular weight is 383 g/mol. The van der Waals surface area contributed by atoms with Crippen molar-refractivity contribution in [1.29, 1.82) is 0 Å². The van der Waals surface area contributed by atoms with E-state index >= 15 is 0 Å². The second-order valence-corrected chi connectivity index (χ2v) is 8.40. The predicted octanol–water partition coefficient (Wildman–Crippen LogP) is 4.73. The minimum absolute atomic E-state index is 0.154. The molecule has 3 rings (SSSR count). The number of rotatable bonds is 5. The normalized spacial score (nSPS) is 11.1. The number of para-hydroxylation sites is 1. The number of anilines is 1. The molecule has 4 nitrogen and oxygen atoms in total. The number of hydrogen-bond donors (Lipinski definition) is 1. The summed E-state index contributed by atoms with van der Waals surface area (Å²) in [6, 6.07) is 22.4. The van der Waals surface area contributed by atoms with Gasteiger partial charge in [-0.2, -0.15) is 0 Å². The van der Waals surface area contributed by atoms with Gasteiger partial charge in [0.1, 0.15) is 0 Å². The molecule has 0 amide bonds. The summed E-state index contributed by atoms with van der Waals surface area (Å²) in [7, 11) is -3.77. The smallest absolute Gasteiger partial charge is 0.261 e. The first-order valence-electron chi connectivity index (χ1n) is 7.91. The van der Waals surface area contributed by atoms with Crippen LogP contribution in [0.15, 0.2) is 88.7 Å². The summed E-state index contributed by atoms with van der Waals surface area (Å²) in [5.74, 6) is 0. The van der Waals surface area contributed by atoms with Gasteiger partial charge in [0, 0.05) is 4.90 Å². The lowest BCUT2D eigenvalue weighted by atomic mass is 10.2. The number of aryl methyl sites for hydroxylation is 1. The van der Waals surface area contributed by atoms with E-state index < -0.39 is 10.0 Å². The zero-order valence-electron chi connectivity index (χ0n) is 14.0. The molecule has 3 aromatic carbocycles. The van der Waals surface area contributed by atoms with Gasteiger partial charge in [0.25, 0.3) is 10.0 Å². The molecule has 0 fully saturated rings. The first-order valence-corrected chi connectivity index (χ1v) is 10.2. The van der Waals surface area contributed by atoms with Crippen molar-refractivity contribution >= 4 is 32.6 Å². The number of carbonyl (C=O) groups is 1. The molecule has 0 aromatic heterocycles. The Hall–Kier alpha value is -2.57. The van der Waals surface area contributed by atoms with Crippen LogP contribution in [0.5, 0.6) is 0 Å². The lowest BCUT2D eigenvalue weighted by Gasteiger charge is -2.12. The van der Waals surface area contributed by atoms with Crippen molar-refractivity contribution in [2.45, 2.75) is 16.7 Å². The lowest BCUT2D eigenvalue weighted by molar-refractivity contribution is 0.108. The molecule has 0 aliphatic rings. The van der Waals surface area contributed by atoms with Crippen LogP contribution in [0, 0.1) is 6.92 Å². The Morgan fingerprint density at radius 1 is 0.846 bits per heavy atom. The quantitative estimate of drug-likeness (QED) is 0.647. The van der Waals surface area contributed by atoms with E-state index in [1.807, 2.05) is 37.3 Å². The van der Waals surface area contributed by atoms with E-state index in [1.54, 1.807) is 48.5 Å². The Morgan fingerprint density at radius 3 is 2.15 bits per heavy atom. The van der Waals surface area contributed by atoms with Crippen LogP contribution in [0.3, 0.4) is 0 Å². The molecule has 3 aromatic rings. The summed E-state index contributed by atoms with van der Waals surface area (Å²) < 4.78 is 27.8. The SMILES string of the molecule is Cc1ccc(S(=O)(=O)Nc2ccccc2C(=O)Sc2ccccc2)cc1. The van der Waals surface area contributed by atoms with Gasteiger partial charge in [-0.15, -0.1) is 0 Å². The zero-order chi connectivity index (χ0) is 18.6. The Bertz CT molecular complexity index is 1010. The third-order valence-electron chi connectivity index (χ3n) is 3.68. The molecule has 0 unspecified atom stereocenters. The van der Waals surface area contributed by atoms with Gasteiger partial charge < -0.3 is 0 Å². The first-order chi connectivity index (χ1) is 12.5. The van der Waals surface area contributed by atoms with Crippen LogP contribution in [0.4, 0.5) is 5.69 Å². The molecule has 0 aliphatic carbocycles. The first kappa shape index (κ1) is 18.2. The topological polar surface area (TPSA) is 63.2 Å². The molecule has 0 spiro atoms. The Morgan fingerprint density at radius 2 is 1.46 bits per heavy atom. The summed E-state index contributed by atoms with van der Waals surface area (Å²) in [5, 5.41) is -0.224.